The lowest BCUT2D eigenvalue weighted by molar-refractivity contribution is -0.191. The predicted octanol–water partition coefficient (Wildman–Crippen LogP) is 2.96. The Bertz CT molecular complexity index is 405. The van der Waals surface area contributed by atoms with E-state index in [1.165, 1.54) is 0 Å². The average Bonchev–Trinajstić information content (AvgIpc) is 2.89. The molecule has 0 radical (unpaired) electrons. The quantitative estimate of drug-likeness (QED) is 0.872. The molecule has 0 aromatic carbocycles. The van der Waals surface area contributed by atoms with Gasteiger partial charge in [-0.25, -0.2) is 0 Å². The molecule has 4 nitrogen and oxygen atoms in total. The molecule has 120 valence electrons. The van der Waals surface area contributed by atoms with Crippen LogP contribution < -0.4 is 0 Å². The Morgan fingerprint density at radius 3 is 2.05 bits per heavy atom. The standard InChI is InChI=1S/C14H20F3NO3/c15-14(16,17)13(21)18(10-4-2-1-3-5-10)11-7-6-9(8-11)12(19)20/h9-11H,1-8H2,(H,19,20). The molecule has 21 heavy (non-hydrogen) atoms. The lowest BCUT2D eigenvalue weighted by Crippen LogP contribution is -2.52. The van der Waals surface area contributed by atoms with Crippen molar-refractivity contribution in [2.24, 2.45) is 5.92 Å². The third-order valence-corrected chi connectivity index (χ3v) is 4.59. The number of alkyl halides is 3. The van der Waals surface area contributed by atoms with E-state index in [2.05, 4.69) is 0 Å². The molecule has 0 aromatic rings. The van der Waals surface area contributed by atoms with Crippen molar-refractivity contribution in [2.75, 3.05) is 0 Å². The summed E-state index contributed by atoms with van der Waals surface area (Å²) in [5.41, 5.74) is 0. The zero-order chi connectivity index (χ0) is 15.6. The van der Waals surface area contributed by atoms with Gasteiger partial charge in [-0.15, -0.1) is 0 Å². The van der Waals surface area contributed by atoms with Crippen LogP contribution >= 0.6 is 0 Å². The monoisotopic (exact) mass is 307 g/mol. The molecule has 2 unspecified atom stereocenters. The lowest BCUT2D eigenvalue weighted by Gasteiger charge is -2.39. The predicted molar refractivity (Wildman–Crippen MR) is 68.5 cm³/mol. The fourth-order valence-electron chi connectivity index (χ4n) is 3.57. The number of hydrogen-bond acceptors (Lipinski definition) is 2. The third kappa shape index (κ3) is 3.68. The van der Waals surface area contributed by atoms with Crippen LogP contribution in [0.5, 0.6) is 0 Å². The number of aliphatic carboxylic acids is 1. The molecule has 0 saturated heterocycles. The molecule has 0 aromatic heterocycles. The van der Waals surface area contributed by atoms with Gasteiger partial charge in [0, 0.05) is 12.1 Å². The molecule has 7 heteroatoms. The number of carboxylic acid groups (broad SMARTS) is 1. The van der Waals surface area contributed by atoms with E-state index in [-0.39, 0.29) is 6.42 Å². The second-order valence-corrected chi connectivity index (χ2v) is 6.00. The van der Waals surface area contributed by atoms with Gasteiger partial charge in [0.05, 0.1) is 5.92 Å². The maximum absolute atomic E-state index is 12.9. The van der Waals surface area contributed by atoms with Crippen molar-refractivity contribution in [3.8, 4) is 0 Å². The van der Waals surface area contributed by atoms with Crippen LogP contribution in [0.3, 0.4) is 0 Å². The van der Waals surface area contributed by atoms with Crippen LogP contribution in [-0.2, 0) is 9.59 Å². The number of carbonyl (C=O) groups is 2. The Morgan fingerprint density at radius 2 is 1.57 bits per heavy atom. The van der Waals surface area contributed by atoms with E-state index in [4.69, 9.17) is 5.11 Å². The third-order valence-electron chi connectivity index (χ3n) is 4.59. The second-order valence-electron chi connectivity index (χ2n) is 6.00. The van der Waals surface area contributed by atoms with Crippen molar-refractivity contribution in [2.45, 2.75) is 69.6 Å². The second kappa shape index (κ2) is 6.23. The lowest BCUT2D eigenvalue weighted by atomic mass is 9.92. The summed E-state index contributed by atoms with van der Waals surface area (Å²) in [4.78, 5) is 23.7. The number of halogens is 3. The fraction of sp³-hybridized carbons (Fsp3) is 0.857. The van der Waals surface area contributed by atoms with Gasteiger partial charge in [0.15, 0.2) is 0 Å². The van der Waals surface area contributed by atoms with E-state index < -0.39 is 36.1 Å². The summed E-state index contributed by atoms with van der Waals surface area (Å²) in [6.45, 7) is 0. The molecule has 1 amide bonds. The zero-order valence-electron chi connectivity index (χ0n) is 11.7. The number of nitrogens with zero attached hydrogens (tertiary/aromatic N) is 1. The Balaban J connectivity index is 2.16. The molecule has 2 rings (SSSR count). The molecule has 2 atom stereocenters. The number of carbonyl (C=O) groups excluding carboxylic acids is 1. The summed E-state index contributed by atoms with van der Waals surface area (Å²) < 4.78 is 38.6. The molecule has 0 heterocycles. The van der Waals surface area contributed by atoms with Gasteiger partial charge in [-0.05, 0) is 32.1 Å². The maximum Gasteiger partial charge on any atom is 0.471 e. The fourth-order valence-corrected chi connectivity index (χ4v) is 3.57. The van der Waals surface area contributed by atoms with Crippen LogP contribution in [0.4, 0.5) is 13.2 Å². The van der Waals surface area contributed by atoms with Gasteiger partial charge in [0.25, 0.3) is 0 Å². The molecular formula is C14H20F3NO3. The first-order valence-electron chi connectivity index (χ1n) is 7.43. The van der Waals surface area contributed by atoms with E-state index >= 15 is 0 Å². The first-order valence-corrected chi connectivity index (χ1v) is 7.43. The van der Waals surface area contributed by atoms with Crippen molar-refractivity contribution in [3.05, 3.63) is 0 Å². The van der Waals surface area contributed by atoms with Gasteiger partial charge < -0.3 is 10.0 Å². The number of hydrogen-bond donors (Lipinski definition) is 1. The summed E-state index contributed by atoms with van der Waals surface area (Å²) in [7, 11) is 0. The topological polar surface area (TPSA) is 57.6 Å². The molecule has 2 aliphatic carbocycles. The van der Waals surface area contributed by atoms with Gasteiger partial charge in [-0.3, -0.25) is 9.59 Å². The van der Waals surface area contributed by atoms with Crippen molar-refractivity contribution in [1.82, 2.24) is 4.90 Å². The van der Waals surface area contributed by atoms with Crippen molar-refractivity contribution in [3.63, 3.8) is 0 Å². The first kappa shape index (κ1) is 16.1. The summed E-state index contributed by atoms with van der Waals surface area (Å²) in [5, 5.41) is 9.00. The van der Waals surface area contributed by atoms with Gasteiger partial charge in [-0.1, -0.05) is 19.3 Å². The van der Waals surface area contributed by atoms with Gasteiger partial charge >= 0.3 is 18.1 Å². The number of amides is 1. The Labute approximate surface area is 121 Å². The van der Waals surface area contributed by atoms with E-state index in [0.717, 1.165) is 24.2 Å². The summed E-state index contributed by atoms with van der Waals surface area (Å²) in [6.07, 6.45) is -0.294. The zero-order valence-corrected chi connectivity index (χ0v) is 11.7. The average molecular weight is 307 g/mol. The van der Waals surface area contributed by atoms with E-state index in [9.17, 15) is 22.8 Å². The summed E-state index contributed by atoms with van der Waals surface area (Å²) in [6, 6.07) is -0.992. The molecule has 1 N–H and O–H groups in total. The molecule has 2 fully saturated rings. The number of carboxylic acids is 1. The van der Waals surface area contributed by atoms with Crippen LogP contribution in [0.15, 0.2) is 0 Å². The minimum Gasteiger partial charge on any atom is -0.481 e. The highest BCUT2D eigenvalue weighted by molar-refractivity contribution is 5.82. The first-order chi connectivity index (χ1) is 9.80. The smallest absolute Gasteiger partial charge is 0.471 e. The van der Waals surface area contributed by atoms with Gasteiger partial charge in [-0.2, -0.15) is 13.2 Å². The summed E-state index contributed by atoms with van der Waals surface area (Å²) in [5.74, 6) is -3.42. The Hall–Kier alpha value is -1.27. The van der Waals surface area contributed by atoms with E-state index in [1.54, 1.807) is 0 Å². The molecule has 0 spiro atoms. The van der Waals surface area contributed by atoms with Crippen LogP contribution in [0.2, 0.25) is 0 Å². The SMILES string of the molecule is O=C(O)C1CCC(N(C(=O)C(F)(F)F)C2CCCCC2)C1. The minimum atomic E-state index is -4.89. The van der Waals surface area contributed by atoms with E-state index in [1.807, 2.05) is 0 Å². The van der Waals surface area contributed by atoms with Crippen molar-refractivity contribution < 1.29 is 27.9 Å². The van der Waals surface area contributed by atoms with Crippen LogP contribution in [0.25, 0.3) is 0 Å². The van der Waals surface area contributed by atoms with Crippen molar-refractivity contribution >= 4 is 11.9 Å². The molecular weight excluding hydrogens is 287 g/mol. The maximum atomic E-state index is 12.9. The highest BCUT2D eigenvalue weighted by Crippen LogP contribution is 2.36. The van der Waals surface area contributed by atoms with Gasteiger partial charge in [0.1, 0.15) is 0 Å². The minimum absolute atomic E-state index is 0.133. The van der Waals surface area contributed by atoms with Crippen LogP contribution in [-0.4, -0.2) is 40.1 Å². The number of rotatable bonds is 3. The van der Waals surface area contributed by atoms with Crippen LogP contribution in [0.1, 0.15) is 51.4 Å². The Morgan fingerprint density at radius 1 is 0.952 bits per heavy atom. The highest BCUT2D eigenvalue weighted by Gasteiger charge is 2.48. The molecule has 0 aliphatic heterocycles. The van der Waals surface area contributed by atoms with E-state index in [0.29, 0.717) is 25.7 Å². The molecule has 0 bridgehead atoms. The normalized spacial score (nSPS) is 27.6. The molecule has 2 saturated carbocycles. The van der Waals surface area contributed by atoms with Gasteiger partial charge in [0.2, 0.25) is 0 Å². The van der Waals surface area contributed by atoms with Crippen LogP contribution in [0, 0.1) is 5.92 Å². The van der Waals surface area contributed by atoms with Crippen molar-refractivity contribution in [1.29, 1.82) is 0 Å². The largest absolute Gasteiger partial charge is 0.481 e. The summed E-state index contributed by atoms with van der Waals surface area (Å²) >= 11 is 0. The molecule has 2 aliphatic rings. The highest BCUT2D eigenvalue weighted by atomic mass is 19.4. The Kier molecular flexibility index (Phi) is 4.78.